The van der Waals surface area contributed by atoms with Gasteiger partial charge in [0.1, 0.15) is 0 Å². The lowest BCUT2D eigenvalue weighted by Crippen LogP contribution is -2.09. The third kappa shape index (κ3) is 3.08. The van der Waals surface area contributed by atoms with Crippen LogP contribution in [0.3, 0.4) is 0 Å². The van der Waals surface area contributed by atoms with E-state index in [0.29, 0.717) is 17.0 Å². The van der Waals surface area contributed by atoms with Crippen molar-refractivity contribution >= 4 is 26.9 Å². The lowest BCUT2D eigenvalue weighted by Gasteiger charge is -2.04. The summed E-state index contributed by atoms with van der Waals surface area (Å²) in [6, 6.07) is 10.3. The van der Waals surface area contributed by atoms with Crippen LogP contribution in [-0.4, -0.2) is 14.2 Å². The van der Waals surface area contributed by atoms with Crippen molar-refractivity contribution in [2.75, 3.05) is 11.5 Å². The first-order chi connectivity index (χ1) is 8.08. The second kappa shape index (κ2) is 4.89. The van der Waals surface area contributed by atoms with E-state index in [1.165, 1.54) is 6.07 Å². The lowest BCUT2D eigenvalue weighted by molar-refractivity contribution is 0.595. The summed E-state index contributed by atoms with van der Waals surface area (Å²) < 4.78 is 24.1. The summed E-state index contributed by atoms with van der Waals surface area (Å²) in [5.74, 6) is 0.122. The molecule has 0 saturated heterocycles. The van der Waals surface area contributed by atoms with Gasteiger partial charge >= 0.3 is 0 Å². The molecule has 0 bridgehead atoms. The standard InChI is InChI=1S/C12H13NO2S2/c13-10-3-1-5-12(9-10)17(14,15)8-6-11-4-2-7-16-11/h1-5,7,9H,6,8,13H2. The van der Waals surface area contributed by atoms with Gasteiger partial charge < -0.3 is 5.73 Å². The molecule has 0 unspecified atom stereocenters. The molecule has 90 valence electrons. The summed E-state index contributed by atoms with van der Waals surface area (Å²) in [5, 5.41) is 1.95. The topological polar surface area (TPSA) is 60.2 Å². The smallest absolute Gasteiger partial charge is 0.178 e. The molecule has 0 amide bonds. The van der Waals surface area contributed by atoms with Crippen LogP contribution in [0, 0.1) is 0 Å². The number of hydrogen-bond donors (Lipinski definition) is 1. The number of nitrogen functional groups attached to an aromatic ring is 1. The molecule has 5 heteroatoms. The van der Waals surface area contributed by atoms with E-state index in [1.807, 2.05) is 17.5 Å². The molecule has 0 aliphatic rings. The molecule has 2 N–H and O–H groups in total. The molecule has 1 heterocycles. The van der Waals surface area contributed by atoms with E-state index < -0.39 is 9.84 Å². The Kier molecular flexibility index (Phi) is 3.49. The van der Waals surface area contributed by atoms with Gasteiger partial charge in [0, 0.05) is 10.6 Å². The van der Waals surface area contributed by atoms with Crippen molar-refractivity contribution in [1.82, 2.24) is 0 Å². The Hall–Kier alpha value is -1.33. The number of sulfone groups is 1. The number of aryl methyl sites for hydroxylation is 1. The maximum Gasteiger partial charge on any atom is 0.178 e. The quantitative estimate of drug-likeness (QED) is 0.865. The van der Waals surface area contributed by atoms with Gasteiger partial charge in [0.05, 0.1) is 10.6 Å². The molecule has 0 fully saturated rings. The Balaban J connectivity index is 2.14. The zero-order chi connectivity index (χ0) is 12.3. The zero-order valence-corrected chi connectivity index (χ0v) is 10.8. The molecule has 0 aliphatic carbocycles. The van der Waals surface area contributed by atoms with E-state index in [-0.39, 0.29) is 5.75 Å². The van der Waals surface area contributed by atoms with Crippen molar-refractivity contribution < 1.29 is 8.42 Å². The summed E-state index contributed by atoms with van der Waals surface area (Å²) in [6.45, 7) is 0. The van der Waals surface area contributed by atoms with Gasteiger partial charge in [-0.05, 0) is 36.1 Å². The van der Waals surface area contributed by atoms with Crippen molar-refractivity contribution in [3.05, 3.63) is 46.7 Å². The van der Waals surface area contributed by atoms with Crippen LogP contribution in [0.5, 0.6) is 0 Å². The van der Waals surface area contributed by atoms with Crippen molar-refractivity contribution in [2.45, 2.75) is 11.3 Å². The maximum absolute atomic E-state index is 12.0. The summed E-state index contributed by atoms with van der Waals surface area (Å²) in [4.78, 5) is 1.38. The minimum Gasteiger partial charge on any atom is -0.399 e. The fourth-order valence-corrected chi connectivity index (χ4v) is 3.68. The van der Waals surface area contributed by atoms with Crippen molar-refractivity contribution in [3.8, 4) is 0 Å². The van der Waals surface area contributed by atoms with Gasteiger partial charge in [0.25, 0.3) is 0 Å². The summed E-state index contributed by atoms with van der Waals surface area (Å²) in [6.07, 6.45) is 0.550. The highest BCUT2D eigenvalue weighted by atomic mass is 32.2. The molecule has 17 heavy (non-hydrogen) atoms. The normalized spacial score (nSPS) is 11.5. The molecule has 0 saturated carbocycles. The third-order valence-corrected chi connectivity index (χ3v) is 5.06. The number of nitrogens with two attached hydrogens (primary N) is 1. The molecule has 2 aromatic rings. The molecule has 0 spiro atoms. The van der Waals surface area contributed by atoms with Gasteiger partial charge in [-0.25, -0.2) is 8.42 Å². The van der Waals surface area contributed by atoms with E-state index >= 15 is 0 Å². The van der Waals surface area contributed by atoms with Crippen LogP contribution in [-0.2, 0) is 16.3 Å². The molecule has 0 aliphatic heterocycles. The lowest BCUT2D eigenvalue weighted by atomic mass is 10.3. The number of benzene rings is 1. The van der Waals surface area contributed by atoms with Crippen molar-refractivity contribution in [2.24, 2.45) is 0 Å². The highest BCUT2D eigenvalue weighted by Gasteiger charge is 2.14. The summed E-state index contributed by atoms with van der Waals surface area (Å²) in [5.41, 5.74) is 6.06. The van der Waals surface area contributed by atoms with Gasteiger partial charge in [0.15, 0.2) is 9.84 Å². The van der Waals surface area contributed by atoms with Gasteiger partial charge in [-0.15, -0.1) is 11.3 Å². The SMILES string of the molecule is Nc1cccc(S(=O)(=O)CCc2cccs2)c1. The number of rotatable bonds is 4. The van der Waals surface area contributed by atoms with Crippen LogP contribution in [0.1, 0.15) is 4.88 Å². The summed E-state index contributed by atoms with van der Waals surface area (Å²) in [7, 11) is -3.23. The average molecular weight is 267 g/mol. The van der Waals surface area contributed by atoms with Gasteiger partial charge in [-0.3, -0.25) is 0 Å². The Morgan fingerprint density at radius 1 is 1.18 bits per heavy atom. The predicted molar refractivity (Wildman–Crippen MR) is 70.9 cm³/mol. The monoisotopic (exact) mass is 267 g/mol. The Bertz CT molecular complexity index is 589. The Morgan fingerprint density at radius 2 is 2.00 bits per heavy atom. The number of anilines is 1. The first kappa shape index (κ1) is 12.1. The molecular weight excluding hydrogens is 254 g/mol. The third-order valence-electron chi connectivity index (χ3n) is 2.41. The van der Waals surface area contributed by atoms with E-state index in [4.69, 9.17) is 5.73 Å². The highest BCUT2D eigenvalue weighted by Crippen LogP contribution is 2.17. The first-order valence-electron chi connectivity index (χ1n) is 5.18. The van der Waals surface area contributed by atoms with Crippen LogP contribution < -0.4 is 5.73 Å². The first-order valence-corrected chi connectivity index (χ1v) is 7.72. The van der Waals surface area contributed by atoms with E-state index in [0.717, 1.165) is 4.88 Å². The number of hydrogen-bond acceptors (Lipinski definition) is 4. The second-order valence-corrected chi connectivity index (χ2v) is 6.86. The Labute approximate surface area is 105 Å². The molecule has 2 rings (SSSR count). The molecule has 0 atom stereocenters. The van der Waals surface area contributed by atoms with E-state index in [1.54, 1.807) is 29.5 Å². The molecule has 1 aromatic heterocycles. The largest absolute Gasteiger partial charge is 0.399 e. The van der Waals surface area contributed by atoms with Crippen molar-refractivity contribution in [3.63, 3.8) is 0 Å². The van der Waals surface area contributed by atoms with Crippen LogP contribution in [0.15, 0.2) is 46.7 Å². The zero-order valence-electron chi connectivity index (χ0n) is 9.17. The van der Waals surface area contributed by atoms with Gasteiger partial charge in [0.2, 0.25) is 0 Å². The molecule has 1 aromatic carbocycles. The van der Waals surface area contributed by atoms with Gasteiger partial charge in [-0.1, -0.05) is 12.1 Å². The Morgan fingerprint density at radius 3 is 2.65 bits per heavy atom. The van der Waals surface area contributed by atoms with E-state index in [9.17, 15) is 8.42 Å². The van der Waals surface area contributed by atoms with Gasteiger partial charge in [-0.2, -0.15) is 0 Å². The van der Waals surface area contributed by atoms with Crippen LogP contribution in [0.2, 0.25) is 0 Å². The average Bonchev–Trinajstić information content (AvgIpc) is 2.79. The highest BCUT2D eigenvalue weighted by molar-refractivity contribution is 7.91. The molecule has 0 radical (unpaired) electrons. The molecular formula is C12H13NO2S2. The van der Waals surface area contributed by atoms with E-state index in [2.05, 4.69) is 0 Å². The fourth-order valence-electron chi connectivity index (χ4n) is 1.52. The van der Waals surface area contributed by atoms with Crippen LogP contribution >= 0.6 is 11.3 Å². The maximum atomic E-state index is 12.0. The van der Waals surface area contributed by atoms with Crippen LogP contribution in [0.4, 0.5) is 5.69 Å². The summed E-state index contributed by atoms with van der Waals surface area (Å²) >= 11 is 1.57. The predicted octanol–water partition coefficient (Wildman–Crippen LogP) is 2.35. The molecule has 3 nitrogen and oxygen atoms in total. The minimum absolute atomic E-state index is 0.122. The number of thiophene rings is 1. The fraction of sp³-hybridized carbons (Fsp3) is 0.167. The van der Waals surface area contributed by atoms with Crippen LogP contribution in [0.25, 0.3) is 0 Å². The van der Waals surface area contributed by atoms with Crippen molar-refractivity contribution in [1.29, 1.82) is 0 Å². The minimum atomic E-state index is -3.23. The second-order valence-electron chi connectivity index (χ2n) is 3.72.